The van der Waals surface area contributed by atoms with E-state index in [1.165, 1.54) is 19.3 Å². The van der Waals surface area contributed by atoms with Crippen LogP contribution in [0.1, 0.15) is 39.2 Å². The molecule has 76 valence electrons. The highest BCUT2D eigenvalue weighted by Gasteiger charge is 2.04. The van der Waals surface area contributed by atoms with Crippen LogP contribution in [0, 0.1) is 0 Å². The number of hydrogen-bond acceptors (Lipinski definition) is 0. The molecule has 0 spiro atoms. The van der Waals surface area contributed by atoms with E-state index in [9.17, 15) is 0 Å². The van der Waals surface area contributed by atoms with Crippen molar-refractivity contribution in [2.24, 2.45) is 0 Å². The van der Waals surface area contributed by atoms with E-state index < -0.39 is 0 Å². The van der Waals surface area contributed by atoms with Gasteiger partial charge in [-0.15, -0.1) is 0 Å². The van der Waals surface area contributed by atoms with Crippen molar-refractivity contribution >= 4 is 14.7 Å². The van der Waals surface area contributed by atoms with E-state index >= 15 is 0 Å². The smallest absolute Gasteiger partial charge is 0.0654 e. The van der Waals surface area contributed by atoms with Gasteiger partial charge in [0, 0.05) is 0 Å². The van der Waals surface area contributed by atoms with E-state index in [-0.39, 0.29) is 0 Å². The predicted molar refractivity (Wildman–Crippen MR) is 65.5 cm³/mol. The fourth-order valence-corrected chi connectivity index (χ4v) is 2.77. The Labute approximate surface area is 90.6 Å². The van der Waals surface area contributed by atoms with Gasteiger partial charge in [0.25, 0.3) is 0 Å². The lowest BCUT2D eigenvalue weighted by molar-refractivity contribution is 0.797. The molecule has 1 rings (SSSR count). The van der Waals surface area contributed by atoms with Gasteiger partial charge in [-0.1, -0.05) is 62.2 Å². The highest BCUT2D eigenvalue weighted by Crippen LogP contribution is 2.05. The van der Waals surface area contributed by atoms with Crippen LogP contribution in [0.3, 0.4) is 0 Å². The second kappa shape index (κ2) is 6.02. The molecular weight excluding hydrogens is 184 g/mol. The Bertz CT molecular complexity index is 266. The zero-order chi connectivity index (χ0) is 10.4. The Kier molecular flexibility index (Phi) is 4.95. The molecule has 0 nitrogen and oxygen atoms in total. The van der Waals surface area contributed by atoms with Crippen LogP contribution in [-0.4, -0.2) is 9.52 Å². The summed E-state index contributed by atoms with van der Waals surface area (Å²) in [4.78, 5) is 0. The Morgan fingerprint density at radius 3 is 2.57 bits per heavy atom. The summed E-state index contributed by atoms with van der Waals surface area (Å²) in [5, 5.41) is 1.58. The van der Waals surface area contributed by atoms with Crippen molar-refractivity contribution in [3.8, 4) is 0 Å². The molecule has 0 atom stereocenters. The topological polar surface area (TPSA) is 0 Å². The zero-order valence-electron chi connectivity index (χ0n) is 9.51. The minimum absolute atomic E-state index is 0.790. The number of unbranched alkanes of at least 4 members (excludes halogenated alkanes) is 1. The lowest BCUT2D eigenvalue weighted by Gasteiger charge is -2.09. The standard InChI is InChI=1S/C13H20Si/c1-4-5-8-12-9-6-7-10-13(12)14-11(2)3/h6-7,9-11H,4-5,8H2,1-3H3. The molecule has 0 saturated carbocycles. The maximum Gasteiger partial charge on any atom is 0.0840 e. The fraction of sp³-hybridized carbons (Fsp3) is 0.538. The van der Waals surface area contributed by atoms with Crippen LogP contribution in [-0.2, 0) is 6.42 Å². The van der Waals surface area contributed by atoms with Crippen molar-refractivity contribution in [3.05, 3.63) is 29.8 Å². The van der Waals surface area contributed by atoms with Crippen molar-refractivity contribution < 1.29 is 0 Å². The first kappa shape index (κ1) is 11.5. The molecule has 0 fully saturated rings. The first-order chi connectivity index (χ1) is 6.74. The second-order valence-electron chi connectivity index (χ2n) is 4.06. The Balaban J connectivity index is 2.69. The Hall–Kier alpha value is -0.563. The molecule has 0 amide bonds. The highest BCUT2D eigenvalue weighted by atomic mass is 28.2. The van der Waals surface area contributed by atoms with Crippen LogP contribution >= 0.6 is 0 Å². The summed E-state index contributed by atoms with van der Waals surface area (Å²) in [6.07, 6.45) is 3.87. The molecule has 1 heteroatoms. The first-order valence-corrected chi connectivity index (χ1v) is 6.66. The molecular formula is C13H20Si. The summed E-state index contributed by atoms with van der Waals surface area (Å²) >= 11 is 0. The molecule has 2 radical (unpaired) electrons. The summed E-state index contributed by atoms with van der Waals surface area (Å²) in [6.45, 7) is 6.86. The van der Waals surface area contributed by atoms with E-state index in [1.807, 2.05) is 0 Å². The molecule has 0 aliphatic rings. The maximum absolute atomic E-state index is 2.30. The fourth-order valence-electron chi connectivity index (χ4n) is 1.56. The van der Waals surface area contributed by atoms with Gasteiger partial charge in [0.15, 0.2) is 0 Å². The normalized spacial score (nSPS) is 10.9. The van der Waals surface area contributed by atoms with E-state index in [4.69, 9.17) is 0 Å². The third-order valence-electron chi connectivity index (χ3n) is 2.26. The lowest BCUT2D eigenvalue weighted by atomic mass is 10.1. The van der Waals surface area contributed by atoms with E-state index in [0.29, 0.717) is 0 Å². The van der Waals surface area contributed by atoms with E-state index in [0.717, 1.165) is 15.1 Å². The van der Waals surface area contributed by atoms with Crippen LogP contribution in [0.15, 0.2) is 24.3 Å². The van der Waals surface area contributed by atoms with Crippen molar-refractivity contribution in [1.29, 1.82) is 0 Å². The van der Waals surface area contributed by atoms with Gasteiger partial charge in [-0.3, -0.25) is 0 Å². The maximum atomic E-state index is 2.30. The molecule has 0 unspecified atom stereocenters. The SMILES string of the molecule is CCCCc1ccccc1[Si]C(C)C. The van der Waals surface area contributed by atoms with Gasteiger partial charge < -0.3 is 0 Å². The van der Waals surface area contributed by atoms with Crippen LogP contribution in [0.2, 0.25) is 5.54 Å². The van der Waals surface area contributed by atoms with Gasteiger partial charge in [-0.2, -0.15) is 0 Å². The zero-order valence-corrected chi connectivity index (χ0v) is 10.5. The van der Waals surface area contributed by atoms with Crippen LogP contribution in [0.4, 0.5) is 0 Å². The van der Waals surface area contributed by atoms with E-state index in [2.05, 4.69) is 45.0 Å². The average molecular weight is 204 g/mol. The Morgan fingerprint density at radius 1 is 1.21 bits per heavy atom. The van der Waals surface area contributed by atoms with Crippen molar-refractivity contribution in [3.63, 3.8) is 0 Å². The monoisotopic (exact) mass is 204 g/mol. The van der Waals surface area contributed by atoms with Gasteiger partial charge in [0.05, 0.1) is 9.52 Å². The summed E-state index contributed by atoms with van der Waals surface area (Å²) in [5.41, 5.74) is 2.36. The minimum atomic E-state index is 0.790. The molecule has 0 saturated heterocycles. The first-order valence-electron chi connectivity index (χ1n) is 5.58. The molecule has 1 aromatic rings. The van der Waals surface area contributed by atoms with Gasteiger partial charge in [-0.05, 0) is 18.4 Å². The van der Waals surface area contributed by atoms with Crippen molar-refractivity contribution in [2.75, 3.05) is 0 Å². The predicted octanol–water partition coefficient (Wildman–Crippen LogP) is 3.19. The molecule has 0 bridgehead atoms. The van der Waals surface area contributed by atoms with Crippen LogP contribution in [0.25, 0.3) is 0 Å². The highest BCUT2D eigenvalue weighted by molar-refractivity contribution is 6.55. The van der Waals surface area contributed by atoms with Gasteiger partial charge in [-0.25, -0.2) is 0 Å². The summed E-state index contributed by atoms with van der Waals surface area (Å²) in [6, 6.07) is 8.92. The van der Waals surface area contributed by atoms with Crippen LogP contribution < -0.4 is 5.19 Å². The van der Waals surface area contributed by atoms with Gasteiger partial charge >= 0.3 is 0 Å². The summed E-state index contributed by atoms with van der Waals surface area (Å²) in [7, 11) is 0.971. The molecule has 1 aromatic carbocycles. The molecule has 0 N–H and O–H groups in total. The van der Waals surface area contributed by atoms with Crippen molar-refractivity contribution in [2.45, 2.75) is 45.6 Å². The summed E-state index contributed by atoms with van der Waals surface area (Å²) in [5.74, 6) is 0. The average Bonchev–Trinajstić information content (AvgIpc) is 2.16. The number of rotatable bonds is 5. The minimum Gasteiger partial charge on any atom is -0.0654 e. The molecule has 0 heterocycles. The molecule has 0 aromatic heterocycles. The summed E-state index contributed by atoms with van der Waals surface area (Å²) < 4.78 is 0. The number of aryl methyl sites for hydroxylation is 1. The molecule has 0 aliphatic carbocycles. The van der Waals surface area contributed by atoms with Gasteiger partial charge in [0.1, 0.15) is 0 Å². The number of hydrogen-bond donors (Lipinski definition) is 0. The third kappa shape index (κ3) is 3.67. The third-order valence-corrected chi connectivity index (χ3v) is 3.64. The molecule has 14 heavy (non-hydrogen) atoms. The van der Waals surface area contributed by atoms with E-state index in [1.54, 1.807) is 10.8 Å². The lowest BCUT2D eigenvalue weighted by Crippen LogP contribution is -2.21. The molecule has 0 aliphatic heterocycles. The number of benzene rings is 1. The quantitative estimate of drug-likeness (QED) is 0.646. The Morgan fingerprint density at radius 2 is 1.93 bits per heavy atom. The second-order valence-corrected chi connectivity index (χ2v) is 6.04. The van der Waals surface area contributed by atoms with Gasteiger partial charge in [0.2, 0.25) is 0 Å². The van der Waals surface area contributed by atoms with Crippen molar-refractivity contribution in [1.82, 2.24) is 0 Å². The van der Waals surface area contributed by atoms with Crippen LogP contribution in [0.5, 0.6) is 0 Å². The largest absolute Gasteiger partial charge is 0.0840 e.